The van der Waals surface area contributed by atoms with Crippen LogP contribution in [-0.4, -0.2) is 58.9 Å². The van der Waals surface area contributed by atoms with E-state index in [1.807, 2.05) is 66.7 Å². The van der Waals surface area contributed by atoms with Gasteiger partial charge >= 0.3 is 6.03 Å². The number of amides is 3. The lowest BCUT2D eigenvalue weighted by Crippen LogP contribution is -2.31. The zero-order chi connectivity index (χ0) is 26.6. The zero-order valence-corrected chi connectivity index (χ0v) is 21.3. The van der Waals surface area contributed by atoms with Gasteiger partial charge in [0.05, 0.1) is 23.8 Å². The minimum atomic E-state index is -0.0628. The van der Waals surface area contributed by atoms with Crippen molar-refractivity contribution in [3.8, 4) is 11.1 Å². The largest absolute Gasteiger partial charge is 0.399 e. The number of aromatic nitrogens is 2. The quantitative estimate of drug-likeness (QED) is 0.354. The predicted molar refractivity (Wildman–Crippen MR) is 149 cm³/mol. The number of nitrogen functional groups attached to an aromatic ring is 1. The number of rotatable bonds is 7. The molecule has 0 unspecified atom stereocenters. The summed E-state index contributed by atoms with van der Waals surface area (Å²) in [6.07, 6.45) is 5.17. The smallest absolute Gasteiger partial charge is 0.324 e. The van der Waals surface area contributed by atoms with Crippen molar-refractivity contribution in [2.75, 3.05) is 43.1 Å². The Morgan fingerprint density at radius 3 is 2.47 bits per heavy atom. The van der Waals surface area contributed by atoms with Gasteiger partial charge in [-0.1, -0.05) is 24.3 Å². The summed E-state index contributed by atoms with van der Waals surface area (Å²) in [5.41, 5.74) is 11.6. The Labute approximate surface area is 221 Å². The normalized spacial score (nSPS) is 13.1. The van der Waals surface area contributed by atoms with Gasteiger partial charge in [0.2, 0.25) is 0 Å². The summed E-state index contributed by atoms with van der Waals surface area (Å²) in [7, 11) is 3.47. The van der Waals surface area contributed by atoms with Crippen LogP contribution in [0, 0.1) is 0 Å². The number of hydrogen-bond donors (Lipinski definition) is 2. The molecule has 4 aromatic rings. The molecule has 1 aliphatic rings. The molecular weight excluding hydrogens is 478 g/mol. The topological polar surface area (TPSA) is 108 Å². The fourth-order valence-electron chi connectivity index (χ4n) is 4.37. The molecule has 5 rings (SSSR count). The van der Waals surface area contributed by atoms with Crippen LogP contribution in [0.5, 0.6) is 0 Å². The Bertz CT molecular complexity index is 1450. The van der Waals surface area contributed by atoms with Gasteiger partial charge in [0.1, 0.15) is 5.82 Å². The van der Waals surface area contributed by atoms with Crippen LogP contribution in [0.1, 0.15) is 15.9 Å². The molecule has 1 aliphatic heterocycles. The van der Waals surface area contributed by atoms with Crippen molar-refractivity contribution in [1.29, 1.82) is 0 Å². The first-order valence-electron chi connectivity index (χ1n) is 12.3. The van der Waals surface area contributed by atoms with E-state index in [0.29, 0.717) is 36.7 Å². The highest BCUT2D eigenvalue weighted by atomic mass is 16.2. The molecule has 192 valence electrons. The third kappa shape index (κ3) is 5.41. The van der Waals surface area contributed by atoms with Crippen LogP contribution < -0.4 is 16.0 Å². The second-order valence-corrected chi connectivity index (χ2v) is 9.37. The van der Waals surface area contributed by atoms with Crippen LogP contribution in [0.2, 0.25) is 0 Å². The Hall–Kier alpha value is -4.92. The molecule has 0 bridgehead atoms. The number of benzene rings is 2. The summed E-state index contributed by atoms with van der Waals surface area (Å²) in [5.74, 6) is 0.623. The first-order chi connectivity index (χ1) is 18.4. The summed E-state index contributed by atoms with van der Waals surface area (Å²) < 4.78 is 0. The molecule has 2 aromatic heterocycles. The summed E-state index contributed by atoms with van der Waals surface area (Å²) in [6.45, 7) is 1.72. The van der Waals surface area contributed by atoms with Crippen molar-refractivity contribution in [1.82, 2.24) is 19.8 Å². The van der Waals surface area contributed by atoms with Gasteiger partial charge in [-0.05, 0) is 53.6 Å². The van der Waals surface area contributed by atoms with E-state index in [-0.39, 0.29) is 11.9 Å². The van der Waals surface area contributed by atoms with Crippen LogP contribution >= 0.6 is 0 Å². The van der Waals surface area contributed by atoms with Gasteiger partial charge in [-0.25, -0.2) is 9.78 Å². The van der Waals surface area contributed by atoms with E-state index in [1.165, 1.54) is 0 Å². The molecular formula is C29H29N7O2. The molecule has 0 saturated carbocycles. The van der Waals surface area contributed by atoms with Crippen LogP contribution in [0.25, 0.3) is 11.1 Å². The van der Waals surface area contributed by atoms with Gasteiger partial charge in [0, 0.05) is 56.7 Å². The van der Waals surface area contributed by atoms with E-state index in [4.69, 9.17) is 5.73 Å². The number of nitrogens with zero attached hydrogens (tertiary/aromatic N) is 5. The highest BCUT2D eigenvalue weighted by molar-refractivity contribution is 5.95. The maximum absolute atomic E-state index is 13.1. The van der Waals surface area contributed by atoms with Crippen LogP contribution in [0.15, 0.2) is 85.3 Å². The molecule has 1 fully saturated rings. The lowest BCUT2D eigenvalue weighted by atomic mass is 10.1. The van der Waals surface area contributed by atoms with Gasteiger partial charge in [0.15, 0.2) is 0 Å². The Balaban J connectivity index is 1.24. The lowest BCUT2D eigenvalue weighted by Gasteiger charge is -2.19. The van der Waals surface area contributed by atoms with Crippen LogP contribution in [0.3, 0.4) is 0 Å². The second-order valence-electron chi connectivity index (χ2n) is 9.37. The fourth-order valence-corrected chi connectivity index (χ4v) is 4.37. The summed E-state index contributed by atoms with van der Waals surface area (Å²) in [6, 6.07) is 20.7. The minimum absolute atomic E-state index is 0.0326. The van der Waals surface area contributed by atoms with Crippen LogP contribution in [-0.2, 0) is 6.54 Å². The summed E-state index contributed by atoms with van der Waals surface area (Å²) in [4.78, 5) is 39.1. The minimum Gasteiger partial charge on any atom is -0.399 e. The number of carbonyl (C=O) groups excluding carboxylic acids is 2. The molecule has 0 atom stereocenters. The third-order valence-corrected chi connectivity index (χ3v) is 6.36. The van der Waals surface area contributed by atoms with Gasteiger partial charge in [-0.2, -0.15) is 0 Å². The number of pyridine rings is 2. The van der Waals surface area contributed by atoms with E-state index >= 15 is 0 Å². The molecule has 0 radical (unpaired) electrons. The van der Waals surface area contributed by atoms with Gasteiger partial charge in [-0.15, -0.1) is 0 Å². The van der Waals surface area contributed by atoms with Crippen LogP contribution in [0.4, 0.5) is 27.7 Å². The average Bonchev–Trinajstić information content (AvgIpc) is 3.28. The first-order valence-corrected chi connectivity index (χ1v) is 12.3. The number of nitrogens with one attached hydrogen (secondary N) is 1. The van der Waals surface area contributed by atoms with Crippen molar-refractivity contribution in [2.24, 2.45) is 0 Å². The number of carbonyl (C=O) groups is 2. The molecule has 3 N–H and O–H groups in total. The maximum atomic E-state index is 13.1. The number of hydrogen-bond acceptors (Lipinski definition) is 6. The number of nitrogens with two attached hydrogens (primary N) is 1. The average molecular weight is 508 g/mol. The highest BCUT2D eigenvalue weighted by Gasteiger charge is 2.30. The molecule has 2 aromatic carbocycles. The van der Waals surface area contributed by atoms with Crippen molar-refractivity contribution in [3.63, 3.8) is 0 Å². The highest BCUT2D eigenvalue weighted by Crippen LogP contribution is 2.26. The molecule has 38 heavy (non-hydrogen) atoms. The van der Waals surface area contributed by atoms with Gasteiger partial charge < -0.3 is 20.9 Å². The van der Waals surface area contributed by atoms with E-state index in [2.05, 4.69) is 15.3 Å². The summed E-state index contributed by atoms with van der Waals surface area (Å²) >= 11 is 0. The Morgan fingerprint density at radius 1 is 0.974 bits per heavy atom. The monoisotopic (exact) mass is 507 g/mol. The Kier molecular flexibility index (Phi) is 6.90. The van der Waals surface area contributed by atoms with E-state index in [0.717, 1.165) is 28.1 Å². The molecule has 3 amide bonds. The lowest BCUT2D eigenvalue weighted by molar-refractivity contribution is 0.0827. The first kappa shape index (κ1) is 24.8. The predicted octanol–water partition coefficient (Wildman–Crippen LogP) is 4.61. The molecule has 9 nitrogen and oxygen atoms in total. The van der Waals surface area contributed by atoms with Crippen molar-refractivity contribution >= 4 is 34.8 Å². The molecule has 0 spiro atoms. The number of anilines is 4. The zero-order valence-electron chi connectivity index (χ0n) is 21.3. The van der Waals surface area contributed by atoms with Crippen molar-refractivity contribution < 1.29 is 9.59 Å². The standard InChI is InChI=1S/C29H29N7O2/c1-34(2)28(37)22-8-6-21(7-9-22)23-10-11-27(32-16-23)33-25-15-26(18-31-17-25)36-13-12-35(29(36)38)19-20-4-3-5-24(30)14-20/h3-11,14-18H,12-13,19,30H2,1-2H3,(H,32,33). The summed E-state index contributed by atoms with van der Waals surface area (Å²) in [5, 5.41) is 3.27. The molecule has 0 aliphatic carbocycles. The van der Waals surface area contributed by atoms with Gasteiger partial charge in [0.25, 0.3) is 5.91 Å². The van der Waals surface area contributed by atoms with E-state index in [1.54, 1.807) is 47.4 Å². The van der Waals surface area contributed by atoms with Crippen molar-refractivity contribution in [3.05, 3.63) is 96.4 Å². The molecule has 3 heterocycles. The number of urea groups is 1. The maximum Gasteiger partial charge on any atom is 0.324 e. The second kappa shape index (κ2) is 10.6. The van der Waals surface area contributed by atoms with Crippen molar-refractivity contribution in [2.45, 2.75) is 6.54 Å². The third-order valence-electron chi connectivity index (χ3n) is 6.36. The van der Waals surface area contributed by atoms with E-state index < -0.39 is 0 Å². The van der Waals surface area contributed by atoms with Gasteiger partial charge in [-0.3, -0.25) is 14.7 Å². The molecule has 1 saturated heterocycles. The Morgan fingerprint density at radius 2 is 1.76 bits per heavy atom. The molecule has 9 heteroatoms. The van der Waals surface area contributed by atoms with E-state index in [9.17, 15) is 9.59 Å². The SMILES string of the molecule is CN(C)C(=O)c1ccc(-c2ccc(Nc3cncc(N4CCN(Cc5cccc(N)c5)C4=O)c3)nc2)cc1. The fraction of sp³-hybridized carbons (Fsp3) is 0.172.